The lowest BCUT2D eigenvalue weighted by Crippen LogP contribution is -2.45. The van der Waals surface area contributed by atoms with Crippen LogP contribution in [0.5, 0.6) is 0 Å². The van der Waals surface area contributed by atoms with Crippen LogP contribution in [0.25, 0.3) is 0 Å². The fourth-order valence-electron chi connectivity index (χ4n) is 4.92. The lowest BCUT2D eigenvalue weighted by molar-refractivity contribution is -0.144. The minimum absolute atomic E-state index is 0.0189. The highest BCUT2D eigenvalue weighted by molar-refractivity contribution is 5.94. The van der Waals surface area contributed by atoms with Crippen molar-refractivity contribution in [1.82, 2.24) is 31.9 Å². The number of hydrogen-bond acceptors (Lipinski definition) is 15. The van der Waals surface area contributed by atoms with Crippen LogP contribution in [0.2, 0.25) is 0 Å². The van der Waals surface area contributed by atoms with Crippen molar-refractivity contribution in [2.75, 3.05) is 90.9 Å². The number of nitrogens with one attached hydrogen (secondary N) is 7. The number of carbonyl (C=O) groups is 9. The van der Waals surface area contributed by atoms with Crippen LogP contribution in [0.1, 0.15) is 55.8 Å². The third-order valence-corrected chi connectivity index (χ3v) is 8.19. The number of benzene rings is 1. The van der Waals surface area contributed by atoms with Crippen molar-refractivity contribution in [3.8, 4) is 0 Å². The Labute approximate surface area is 358 Å². The number of ether oxygens (including phenoxy) is 4. The van der Waals surface area contributed by atoms with Gasteiger partial charge in [0.05, 0.1) is 39.6 Å². The van der Waals surface area contributed by atoms with Crippen molar-refractivity contribution < 1.29 is 77.4 Å². The van der Waals surface area contributed by atoms with Crippen LogP contribution in [-0.4, -0.2) is 172 Å². The highest BCUT2D eigenvalue weighted by atomic mass is 16.5. The zero-order valence-electron chi connectivity index (χ0n) is 34.7. The predicted octanol–water partition coefficient (Wildman–Crippen LogP) is -2.85. The summed E-state index contributed by atoms with van der Waals surface area (Å²) < 4.78 is 21.0. The molecular formula is C38H60N8O16. The first-order valence-corrected chi connectivity index (χ1v) is 19.9. The topological polar surface area (TPSA) is 361 Å². The van der Waals surface area contributed by atoms with Crippen LogP contribution < -0.4 is 43.0 Å². The van der Waals surface area contributed by atoms with Crippen molar-refractivity contribution in [2.24, 2.45) is 5.73 Å². The number of hydrogen-bond donors (Lipinski definition) is 11. The Balaban J connectivity index is 2.15. The zero-order valence-corrected chi connectivity index (χ0v) is 34.7. The molecule has 0 heterocycles. The summed E-state index contributed by atoms with van der Waals surface area (Å²) in [5.74, 6) is -7.22. The normalized spacial score (nSPS) is 12.2. The Bertz CT molecular complexity index is 1580. The summed E-state index contributed by atoms with van der Waals surface area (Å²) in [4.78, 5) is 107. The van der Waals surface area contributed by atoms with E-state index < -0.39 is 72.7 Å². The molecule has 348 valence electrons. The third-order valence-electron chi connectivity index (χ3n) is 8.19. The van der Waals surface area contributed by atoms with E-state index in [2.05, 4.69) is 37.2 Å². The molecule has 3 unspecified atom stereocenters. The summed E-state index contributed by atoms with van der Waals surface area (Å²) >= 11 is 0. The van der Waals surface area contributed by atoms with Gasteiger partial charge in [0.15, 0.2) is 0 Å². The number of carbonyl (C=O) groups excluding carboxylic acids is 6. The van der Waals surface area contributed by atoms with E-state index >= 15 is 0 Å². The standard InChI is InChI=1S/C38H60N8O16/c1-2-40-26-5-3-25(4-6-26)35(52)44-14-13-41-33(50)23-61-21-19-59-18-16-43-31(48)11-8-28(37(55)56)45-32(49)12-9-29(38(57)58)46-34(51)24-62-22-20-60-17-15-42-30(47)10-7-27(39)36(53)54/h3-6,27-29,40H,2,7-24,39H2,1H3,(H,41,50)(H,42,47)(H,43,48)(H,44,52)(H,45,49)(H,46,51)(H,53,54)(H,55,56)(H,57,58). The fourth-order valence-corrected chi connectivity index (χ4v) is 4.92. The highest BCUT2D eigenvalue weighted by Gasteiger charge is 2.24. The van der Waals surface area contributed by atoms with E-state index in [0.29, 0.717) is 5.56 Å². The van der Waals surface area contributed by atoms with Crippen LogP contribution in [0.4, 0.5) is 5.69 Å². The van der Waals surface area contributed by atoms with Gasteiger partial charge >= 0.3 is 17.9 Å². The van der Waals surface area contributed by atoms with E-state index in [1.807, 2.05) is 6.92 Å². The van der Waals surface area contributed by atoms with Gasteiger partial charge in [0.1, 0.15) is 31.3 Å². The Morgan fingerprint density at radius 1 is 0.532 bits per heavy atom. The van der Waals surface area contributed by atoms with Crippen molar-refractivity contribution in [3.05, 3.63) is 29.8 Å². The summed E-state index contributed by atoms with van der Waals surface area (Å²) in [5, 5.41) is 45.7. The van der Waals surface area contributed by atoms with E-state index in [1.165, 1.54) is 0 Å². The number of amides is 6. The van der Waals surface area contributed by atoms with Gasteiger partial charge in [-0.15, -0.1) is 0 Å². The molecule has 0 saturated heterocycles. The molecule has 1 aromatic rings. The smallest absolute Gasteiger partial charge is 0.326 e. The summed E-state index contributed by atoms with van der Waals surface area (Å²) in [5.41, 5.74) is 6.74. The number of aliphatic carboxylic acids is 3. The molecule has 6 amide bonds. The van der Waals surface area contributed by atoms with E-state index in [9.17, 15) is 53.4 Å². The van der Waals surface area contributed by atoms with Crippen molar-refractivity contribution >= 4 is 59.0 Å². The Kier molecular flexibility index (Phi) is 28.6. The molecule has 0 aliphatic heterocycles. The molecule has 24 nitrogen and oxygen atoms in total. The van der Waals surface area contributed by atoms with Crippen LogP contribution in [0.3, 0.4) is 0 Å². The molecule has 24 heteroatoms. The fraction of sp³-hybridized carbons (Fsp3) is 0.605. The van der Waals surface area contributed by atoms with Crippen LogP contribution in [0.15, 0.2) is 24.3 Å². The largest absolute Gasteiger partial charge is 0.480 e. The van der Waals surface area contributed by atoms with E-state index in [-0.39, 0.29) is 116 Å². The van der Waals surface area contributed by atoms with E-state index in [0.717, 1.165) is 12.2 Å². The average Bonchev–Trinajstić information content (AvgIpc) is 3.23. The van der Waals surface area contributed by atoms with Gasteiger partial charge in [0.2, 0.25) is 29.5 Å². The number of carboxylic acids is 3. The molecule has 0 aromatic heterocycles. The number of anilines is 1. The lowest BCUT2D eigenvalue weighted by atomic mass is 10.1. The molecule has 0 spiro atoms. The van der Waals surface area contributed by atoms with Crippen molar-refractivity contribution in [3.63, 3.8) is 0 Å². The van der Waals surface area contributed by atoms with Gasteiger partial charge in [0.25, 0.3) is 5.91 Å². The molecule has 12 N–H and O–H groups in total. The maximum Gasteiger partial charge on any atom is 0.326 e. The molecular weight excluding hydrogens is 824 g/mol. The minimum Gasteiger partial charge on any atom is -0.480 e. The van der Waals surface area contributed by atoms with Crippen molar-refractivity contribution in [1.29, 1.82) is 0 Å². The van der Waals surface area contributed by atoms with Gasteiger partial charge < -0.3 is 77.2 Å². The van der Waals surface area contributed by atoms with Gasteiger partial charge in [0, 0.05) is 63.2 Å². The highest BCUT2D eigenvalue weighted by Crippen LogP contribution is 2.09. The van der Waals surface area contributed by atoms with E-state index in [4.69, 9.17) is 29.8 Å². The predicted molar refractivity (Wildman–Crippen MR) is 218 cm³/mol. The second kappa shape index (κ2) is 32.8. The minimum atomic E-state index is -1.49. The van der Waals surface area contributed by atoms with Crippen LogP contribution in [-0.2, 0) is 57.3 Å². The summed E-state index contributed by atoms with van der Waals surface area (Å²) in [6.07, 6.45) is -1.43. The first-order chi connectivity index (χ1) is 29.6. The molecule has 1 aromatic carbocycles. The van der Waals surface area contributed by atoms with E-state index in [1.54, 1.807) is 24.3 Å². The Morgan fingerprint density at radius 2 is 0.984 bits per heavy atom. The maximum atomic E-state index is 12.4. The zero-order chi connectivity index (χ0) is 46.1. The molecule has 0 aliphatic carbocycles. The third kappa shape index (κ3) is 27.0. The summed E-state index contributed by atoms with van der Waals surface area (Å²) in [6, 6.07) is 2.94. The number of nitrogens with two attached hydrogens (primary N) is 1. The molecule has 0 aliphatic rings. The number of carboxylic acid groups (broad SMARTS) is 3. The first-order valence-electron chi connectivity index (χ1n) is 19.9. The first kappa shape index (κ1) is 54.1. The SMILES string of the molecule is CCNc1ccc(C(=O)NCCNC(=O)COCCOCCNC(=O)CCC(NC(=O)CCC(NC(=O)COCCOCCNC(=O)CCC(N)C(=O)O)C(=O)O)C(=O)O)cc1. The molecule has 62 heavy (non-hydrogen) atoms. The van der Waals surface area contributed by atoms with Crippen molar-refractivity contribution in [2.45, 2.75) is 63.6 Å². The average molecular weight is 885 g/mol. The van der Waals surface area contributed by atoms with Gasteiger partial charge in [-0.1, -0.05) is 0 Å². The van der Waals surface area contributed by atoms with Gasteiger partial charge in [-0.25, -0.2) is 9.59 Å². The maximum absolute atomic E-state index is 12.4. The molecule has 0 saturated carbocycles. The lowest BCUT2D eigenvalue weighted by Gasteiger charge is -2.17. The van der Waals surface area contributed by atoms with Gasteiger partial charge in [-0.05, 0) is 50.5 Å². The molecule has 0 bridgehead atoms. The molecule has 1 rings (SSSR count). The summed E-state index contributed by atoms with van der Waals surface area (Å²) in [7, 11) is 0. The second-order valence-electron chi connectivity index (χ2n) is 13.2. The second-order valence-corrected chi connectivity index (χ2v) is 13.2. The quantitative estimate of drug-likeness (QED) is 0.0302. The van der Waals surface area contributed by atoms with Crippen LogP contribution in [0, 0.1) is 0 Å². The Morgan fingerprint density at radius 3 is 1.50 bits per heavy atom. The summed E-state index contributed by atoms with van der Waals surface area (Å²) in [6.45, 7) is 3.06. The van der Waals surface area contributed by atoms with Gasteiger partial charge in [-0.2, -0.15) is 0 Å². The molecule has 3 atom stereocenters. The monoisotopic (exact) mass is 884 g/mol. The Hall–Kier alpha value is -5.95. The van der Waals surface area contributed by atoms with Gasteiger partial charge in [-0.3, -0.25) is 33.6 Å². The molecule has 0 fully saturated rings. The van der Waals surface area contributed by atoms with Crippen LogP contribution >= 0.6 is 0 Å². The number of rotatable bonds is 36. The molecule has 0 radical (unpaired) electrons.